The van der Waals surface area contributed by atoms with E-state index in [1.54, 1.807) is 18.2 Å². The van der Waals surface area contributed by atoms with E-state index in [1.165, 1.54) is 72.0 Å². The Bertz CT molecular complexity index is 1400. The van der Waals surface area contributed by atoms with Crippen molar-refractivity contribution >= 4 is 23.2 Å². The Labute approximate surface area is 204 Å². The van der Waals surface area contributed by atoms with Crippen LogP contribution in [-0.2, 0) is 4.79 Å². The van der Waals surface area contributed by atoms with Crippen molar-refractivity contribution in [2.75, 3.05) is 17.0 Å². The molecule has 2 amide bonds. The van der Waals surface area contributed by atoms with Crippen LogP contribution in [0.15, 0.2) is 85.3 Å². The Morgan fingerprint density at radius 3 is 2.28 bits per heavy atom. The molecule has 1 aliphatic rings. The highest BCUT2D eigenvalue weighted by Crippen LogP contribution is 2.39. The van der Waals surface area contributed by atoms with E-state index in [-0.39, 0.29) is 12.5 Å². The van der Waals surface area contributed by atoms with Crippen molar-refractivity contribution in [2.45, 2.75) is 6.04 Å². The van der Waals surface area contributed by atoms with Crippen LogP contribution < -0.4 is 19.7 Å². The lowest BCUT2D eigenvalue weighted by Crippen LogP contribution is -2.42. The fourth-order valence-corrected chi connectivity index (χ4v) is 3.76. The summed E-state index contributed by atoms with van der Waals surface area (Å²) in [4.78, 5) is 36.7. The number of carbonyl (C=O) groups is 2. The molecule has 1 N–H and O–H groups in total. The van der Waals surface area contributed by atoms with Gasteiger partial charge in [-0.2, -0.15) is 0 Å². The summed E-state index contributed by atoms with van der Waals surface area (Å²) < 4.78 is 38.0. The lowest BCUT2D eigenvalue weighted by molar-refractivity contribution is -0.117. The number of carbonyl (C=O) groups excluding carboxylic acids is 2. The van der Waals surface area contributed by atoms with Gasteiger partial charge >= 0.3 is 0 Å². The first kappa shape index (κ1) is 22.9. The zero-order valence-electron chi connectivity index (χ0n) is 18.6. The molecule has 36 heavy (non-hydrogen) atoms. The molecule has 0 saturated carbocycles. The van der Waals surface area contributed by atoms with E-state index in [0.29, 0.717) is 28.4 Å². The molecule has 5 rings (SSSR count). The average Bonchev–Trinajstić information content (AvgIpc) is 3.37. The minimum absolute atomic E-state index is 0.0168. The Kier molecular flexibility index (Phi) is 6.23. The minimum Gasteiger partial charge on any atom is -0.454 e. The van der Waals surface area contributed by atoms with E-state index < -0.39 is 29.5 Å². The Hall–Kier alpha value is -4.86. The van der Waals surface area contributed by atoms with Crippen LogP contribution in [0.3, 0.4) is 0 Å². The van der Waals surface area contributed by atoms with Crippen LogP contribution in [-0.4, -0.2) is 28.6 Å². The number of benzene rings is 3. The number of rotatable bonds is 6. The standard InChI is InChI=1S/C26H18F2N4O4/c27-17-3-1-16(2-4-17)24(25(33)31-19-7-5-18(28)6-8-19)32(26(34)21-14-29-11-12-30-21)20-9-10-22-23(13-20)36-15-35-22/h1-14,24H,15H2,(H,31,33). The molecule has 8 nitrogen and oxygen atoms in total. The van der Waals surface area contributed by atoms with Crippen molar-refractivity contribution in [1.29, 1.82) is 0 Å². The van der Waals surface area contributed by atoms with Gasteiger partial charge in [0.15, 0.2) is 11.5 Å². The second-order valence-electron chi connectivity index (χ2n) is 7.75. The van der Waals surface area contributed by atoms with E-state index in [4.69, 9.17) is 9.47 Å². The van der Waals surface area contributed by atoms with Crippen molar-refractivity contribution in [3.63, 3.8) is 0 Å². The fraction of sp³-hybridized carbons (Fsp3) is 0.0769. The Morgan fingerprint density at radius 2 is 1.58 bits per heavy atom. The number of anilines is 2. The van der Waals surface area contributed by atoms with Gasteiger partial charge in [0.2, 0.25) is 6.79 Å². The lowest BCUT2D eigenvalue weighted by Gasteiger charge is -2.31. The summed E-state index contributed by atoms with van der Waals surface area (Å²) >= 11 is 0. The molecular weight excluding hydrogens is 470 g/mol. The number of nitrogens with zero attached hydrogens (tertiary/aromatic N) is 3. The first-order valence-corrected chi connectivity index (χ1v) is 10.8. The van der Waals surface area contributed by atoms with E-state index in [1.807, 2.05) is 0 Å². The molecule has 1 aliphatic heterocycles. The van der Waals surface area contributed by atoms with Crippen LogP contribution >= 0.6 is 0 Å². The number of nitrogens with one attached hydrogen (secondary N) is 1. The molecule has 1 atom stereocenters. The van der Waals surface area contributed by atoms with Gasteiger partial charge in [-0.15, -0.1) is 0 Å². The van der Waals surface area contributed by atoms with E-state index in [2.05, 4.69) is 15.3 Å². The molecule has 0 bridgehead atoms. The van der Waals surface area contributed by atoms with Crippen molar-refractivity contribution in [2.24, 2.45) is 0 Å². The first-order valence-electron chi connectivity index (χ1n) is 10.8. The summed E-state index contributed by atoms with van der Waals surface area (Å²) in [6.07, 6.45) is 4.05. The van der Waals surface area contributed by atoms with Crippen molar-refractivity contribution in [3.05, 3.63) is 108 Å². The number of hydrogen-bond donors (Lipinski definition) is 1. The summed E-state index contributed by atoms with van der Waals surface area (Å²) in [6, 6.07) is 13.9. The summed E-state index contributed by atoms with van der Waals surface area (Å²) in [5.74, 6) is -1.36. The normalized spacial score (nSPS) is 12.6. The van der Waals surface area contributed by atoms with E-state index in [0.717, 1.165) is 0 Å². The SMILES string of the molecule is O=C(Nc1ccc(F)cc1)C(c1ccc(F)cc1)N(C(=O)c1cnccn1)c1ccc2c(c1)OCO2. The van der Waals surface area contributed by atoms with Crippen LogP contribution in [0.1, 0.15) is 22.1 Å². The van der Waals surface area contributed by atoms with Crippen LogP contribution in [0.25, 0.3) is 0 Å². The zero-order chi connectivity index (χ0) is 25.1. The lowest BCUT2D eigenvalue weighted by atomic mass is 10.0. The molecule has 0 radical (unpaired) electrons. The molecule has 0 fully saturated rings. The smallest absolute Gasteiger partial charge is 0.279 e. The molecule has 0 spiro atoms. The summed E-state index contributed by atoms with van der Waals surface area (Å²) in [6.45, 7) is 0.0172. The van der Waals surface area contributed by atoms with Crippen molar-refractivity contribution in [3.8, 4) is 11.5 Å². The third-order valence-corrected chi connectivity index (χ3v) is 5.44. The largest absolute Gasteiger partial charge is 0.454 e. The number of fused-ring (bicyclic) bond motifs is 1. The van der Waals surface area contributed by atoms with Gasteiger partial charge in [-0.3, -0.25) is 19.5 Å². The molecule has 0 aliphatic carbocycles. The van der Waals surface area contributed by atoms with Crippen LogP contribution in [0, 0.1) is 11.6 Å². The van der Waals surface area contributed by atoms with Crippen molar-refractivity contribution < 1.29 is 27.8 Å². The monoisotopic (exact) mass is 488 g/mol. The van der Waals surface area contributed by atoms with Gasteiger partial charge in [-0.05, 0) is 54.1 Å². The van der Waals surface area contributed by atoms with Crippen LogP contribution in [0.2, 0.25) is 0 Å². The number of halogens is 2. The third-order valence-electron chi connectivity index (χ3n) is 5.44. The van der Waals surface area contributed by atoms with Gasteiger partial charge in [-0.25, -0.2) is 13.8 Å². The number of aromatic nitrogens is 2. The molecule has 4 aromatic rings. The summed E-state index contributed by atoms with van der Waals surface area (Å²) in [5.41, 5.74) is 0.923. The predicted octanol–water partition coefficient (Wildman–Crippen LogP) is 4.51. The topological polar surface area (TPSA) is 93.7 Å². The van der Waals surface area contributed by atoms with Gasteiger partial charge in [0.05, 0.1) is 6.20 Å². The van der Waals surface area contributed by atoms with Gasteiger partial charge in [0.25, 0.3) is 11.8 Å². The molecule has 0 saturated heterocycles. The maximum absolute atomic E-state index is 13.8. The van der Waals surface area contributed by atoms with Crippen molar-refractivity contribution in [1.82, 2.24) is 9.97 Å². The molecule has 1 aromatic heterocycles. The molecule has 2 heterocycles. The van der Waals surface area contributed by atoms with Crippen LogP contribution in [0.5, 0.6) is 11.5 Å². The van der Waals surface area contributed by atoms with E-state index >= 15 is 0 Å². The van der Waals surface area contributed by atoms with Gasteiger partial charge < -0.3 is 14.8 Å². The maximum Gasteiger partial charge on any atom is 0.279 e. The zero-order valence-corrected chi connectivity index (χ0v) is 18.6. The molecule has 180 valence electrons. The minimum atomic E-state index is -1.27. The maximum atomic E-state index is 13.8. The average molecular weight is 488 g/mol. The van der Waals surface area contributed by atoms with Gasteiger partial charge in [0, 0.05) is 29.8 Å². The second-order valence-corrected chi connectivity index (χ2v) is 7.75. The molecule has 3 aromatic carbocycles. The third kappa shape index (κ3) is 4.69. The first-order chi connectivity index (χ1) is 17.5. The number of ether oxygens (including phenoxy) is 2. The highest BCUT2D eigenvalue weighted by atomic mass is 19.1. The highest BCUT2D eigenvalue weighted by molar-refractivity contribution is 6.11. The quantitative estimate of drug-likeness (QED) is 0.429. The Morgan fingerprint density at radius 1 is 0.889 bits per heavy atom. The molecular formula is C26H18F2N4O4. The van der Waals surface area contributed by atoms with Gasteiger partial charge in [0.1, 0.15) is 23.4 Å². The molecule has 1 unspecified atom stereocenters. The van der Waals surface area contributed by atoms with Crippen LogP contribution in [0.4, 0.5) is 20.2 Å². The predicted molar refractivity (Wildman–Crippen MR) is 126 cm³/mol. The molecule has 10 heteroatoms. The Balaban J connectivity index is 1.63. The fourth-order valence-electron chi connectivity index (χ4n) is 3.76. The summed E-state index contributed by atoms with van der Waals surface area (Å²) in [7, 11) is 0. The van der Waals surface area contributed by atoms with Gasteiger partial charge in [-0.1, -0.05) is 12.1 Å². The van der Waals surface area contributed by atoms with E-state index in [9.17, 15) is 18.4 Å². The number of amides is 2. The second kappa shape index (κ2) is 9.79. The number of hydrogen-bond acceptors (Lipinski definition) is 6. The summed E-state index contributed by atoms with van der Waals surface area (Å²) in [5, 5.41) is 2.71. The highest BCUT2D eigenvalue weighted by Gasteiger charge is 2.35.